The average Bonchev–Trinajstić information content (AvgIpc) is 2.23. The number of benzene rings is 1. The summed E-state index contributed by atoms with van der Waals surface area (Å²) < 4.78 is 28.0. The molecule has 4 heteroatoms. The van der Waals surface area contributed by atoms with Gasteiger partial charge in [-0.3, -0.25) is 0 Å². The highest BCUT2D eigenvalue weighted by Gasteiger charge is 1.95. The lowest BCUT2D eigenvalue weighted by atomic mass is 10.3. The maximum Gasteiger partial charge on any atom is 0.126 e. The van der Waals surface area contributed by atoms with Gasteiger partial charge in [-0.25, -0.2) is 4.39 Å². The van der Waals surface area contributed by atoms with Crippen LogP contribution in [0.3, 0.4) is 0 Å². The van der Waals surface area contributed by atoms with Crippen molar-refractivity contribution in [2.75, 3.05) is 33.5 Å². The second kappa shape index (κ2) is 7.20. The van der Waals surface area contributed by atoms with Crippen molar-refractivity contribution < 1.29 is 18.6 Å². The lowest BCUT2D eigenvalue weighted by Gasteiger charge is -2.06. The Hall–Kier alpha value is -1.13. The smallest absolute Gasteiger partial charge is 0.126 e. The molecule has 1 rings (SSSR count). The van der Waals surface area contributed by atoms with Gasteiger partial charge in [0.15, 0.2) is 0 Å². The molecule has 0 amide bonds. The van der Waals surface area contributed by atoms with Crippen LogP contribution in [-0.4, -0.2) is 33.5 Å². The van der Waals surface area contributed by atoms with Crippen LogP contribution in [0.25, 0.3) is 0 Å². The molecule has 0 N–H and O–H groups in total. The summed E-state index contributed by atoms with van der Waals surface area (Å²) >= 11 is 0. The van der Waals surface area contributed by atoms with Crippen LogP contribution in [-0.2, 0) is 9.47 Å². The van der Waals surface area contributed by atoms with E-state index in [4.69, 9.17) is 14.2 Å². The van der Waals surface area contributed by atoms with Gasteiger partial charge in [-0.2, -0.15) is 0 Å². The van der Waals surface area contributed by atoms with Gasteiger partial charge >= 0.3 is 0 Å². The molecule has 0 radical (unpaired) electrons. The zero-order valence-corrected chi connectivity index (χ0v) is 8.74. The molecule has 0 spiro atoms. The van der Waals surface area contributed by atoms with E-state index in [9.17, 15) is 4.39 Å². The summed E-state index contributed by atoms with van der Waals surface area (Å²) in [5.74, 6) is 0.221. The Morgan fingerprint density at radius 1 is 1.13 bits per heavy atom. The maximum atomic E-state index is 12.7. The molecule has 0 bridgehead atoms. The molecule has 0 aromatic heterocycles. The molecule has 15 heavy (non-hydrogen) atoms. The zero-order chi connectivity index (χ0) is 10.9. The monoisotopic (exact) mass is 214 g/mol. The predicted molar refractivity (Wildman–Crippen MR) is 54.6 cm³/mol. The summed E-state index contributed by atoms with van der Waals surface area (Å²) in [5.41, 5.74) is 0. The summed E-state index contributed by atoms with van der Waals surface area (Å²) in [5, 5.41) is 0. The Balaban J connectivity index is 2.10. The molecule has 84 valence electrons. The Labute approximate surface area is 88.8 Å². The first-order valence-electron chi connectivity index (χ1n) is 4.78. The quantitative estimate of drug-likeness (QED) is 0.648. The lowest BCUT2D eigenvalue weighted by molar-refractivity contribution is 0.0544. The molecule has 0 unspecified atom stereocenters. The lowest BCUT2D eigenvalue weighted by Crippen LogP contribution is -2.09. The fraction of sp³-hybridized carbons (Fsp3) is 0.455. The molecule has 0 aliphatic carbocycles. The third kappa shape index (κ3) is 5.34. The number of rotatable bonds is 7. The minimum absolute atomic E-state index is 0.298. The SMILES string of the molecule is COCCOCCOc1cccc(F)c1. The van der Waals surface area contributed by atoms with Gasteiger partial charge < -0.3 is 14.2 Å². The van der Waals surface area contributed by atoms with E-state index in [-0.39, 0.29) is 5.82 Å². The van der Waals surface area contributed by atoms with Crippen LogP contribution in [0.1, 0.15) is 0 Å². The van der Waals surface area contributed by atoms with Gasteiger partial charge in [0.05, 0.1) is 19.8 Å². The average molecular weight is 214 g/mol. The second-order valence-corrected chi connectivity index (χ2v) is 2.91. The fourth-order valence-corrected chi connectivity index (χ4v) is 1.02. The number of hydrogen-bond donors (Lipinski definition) is 0. The molecule has 1 aromatic carbocycles. The standard InChI is InChI=1S/C11H15FO3/c1-13-5-6-14-7-8-15-11-4-2-3-10(12)9-11/h2-4,9H,5-8H2,1H3. The highest BCUT2D eigenvalue weighted by Crippen LogP contribution is 2.11. The van der Waals surface area contributed by atoms with Crippen LogP contribution in [0.2, 0.25) is 0 Å². The number of hydrogen-bond acceptors (Lipinski definition) is 3. The highest BCUT2D eigenvalue weighted by molar-refractivity contribution is 5.22. The van der Waals surface area contributed by atoms with Gasteiger partial charge in [0, 0.05) is 13.2 Å². The van der Waals surface area contributed by atoms with E-state index < -0.39 is 0 Å². The predicted octanol–water partition coefficient (Wildman–Crippen LogP) is 1.87. The topological polar surface area (TPSA) is 27.7 Å². The molecule has 0 atom stereocenters. The Bertz CT molecular complexity index is 278. The molecule has 0 heterocycles. The highest BCUT2D eigenvalue weighted by atomic mass is 19.1. The Morgan fingerprint density at radius 3 is 2.67 bits per heavy atom. The summed E-state index contributed by atoms with van der Waals surface area (Å²) in [6.07, 6.45) is 0. The third-order valence-electron chi connectivity index (χ3n) is 1.72. The normalized spacial score (nSPS) is 10.3. The Kier molecular flexibility index (Phi) is 5.73. The van der Waals surface area contributed by atoms with E-state index in [1.54, 1.807) is 19.2 Å². The number of methoxy groups -OCH3 is 1. The van der Waals surface area contributed by atoms with Gasteiger partial charge in [-0.05, 0) is 12.1 Å². The molecule has 0 fully saturated rings. The van der Waals surface area contributed by atoms with Crippen molar-refractivity contribution in [1.82, 2.24) is 0 Å². The van der Waals surface area contributed by atoms with Crippen molar-refractivity contribution in [3.8, 4) is 5.75 Å². The molecular formula is C11H15FO3. The Morgan fingerprint density at radius 2 is 1.93 bits per heavy atom. The summed E-state index contributed by atoms with van der Waals surface area (Å²) in [6, 6.07) is 6.03. The van der Waals surface area contributed by atoms with Crippen molar-refractivity contribution in [2.45, 2.75) is 0 Å². The zero-order valence-electron chi connectivity index (χ0n) is 8.74. The number of ether oxygens (including phenoxy) is 3. The van der Waals surface area contributed by atoms with Crippen LogP contribution < -0.4 is 4.74 Å². The summed E-state index contributed by atoms with van der Waals surface area (Å²) in [6.45, 7) is 2.00. The van der Waals surface area contributed by atoms with E-state index in [1.165, 1.54) is 12.1 Å². The minimum Gasteiger partial charge on any atom is -0.491 e. The van der Waals surface area contributed by atoms with Gasteiger partial charge in [0.2, 0.25) is 0 Å². The van der Waals surface area contributed by atoms with E-state index >= 15 is 0 Å². The second-order valence-electron chi connectivity index (χ2n) is 2.91. The van der Waals surface area contributed by atoms with Gasteiger partial charge in [-0.1, -0.05) is 6.07 Å². The first-order chi connectivity index (χ1) is 7.33. The summed E-state index contributed by atoms with van der Waals surface area (Å²) in [4.78, 5) is 0. The molecule has 0 aliphatic rings. The van der Waals surface area contributed by atoms with Gasteiger partial charge in [0.1, 0.15) is 18.2 Å². The first kappa shape index (κ1) is 11.9. The van der Waals surface area contributed by atoms with Crippen molar-refractivity contribution >= 4 is 0 Å². The molecule has 0 aliphatic heterocycles. The van der Waals surface area contributed by atoms with Crippen molar-refractivity contribution in [2.24, 2.45) is 0 Å². The van der Waals surface area contributed by atoms with Gasteiger partial charge in [0.25, 0.3) is 0 Å². The van der Waals surface area contributed by atoms with Crippen LogP contribution in [0.4, 0.5) is 4.39 Å². The van der Waals surface area contributed by atoms with Crippen molar-refractivity contribution in [3.63, 3.8) is 0 Å². The fourth-order valence-electron chi connectivity index (χ4n) is 1.02. The first-order valence-corrected chi connectivity index (χ1v) is 4.78. The third-order valence-corrected chi connectivity index (χ3v) is 1.72. The van der Waals surface area contributed by atoms with Crippen LogP contribution in [0.5, 0.6) is 5.75 Å². The van der Waals surface area contributed by atoms with Crippen molar-refractivity contribution in [3.05, 3.63) is 30.1 Å². The minimum atomic E-state index is -0.298. The van der Waals surface area contributed by atoms with Crippen LogP contribution in [0, 0.1) is 5.82 Å². The maximum absolute atomic E-state index is 12.7. The molecule has 1 aromatic rings. The van der Waals surface area contributed by atoms with Crippen molar-refractivity contribution in [1.29, 1.82) is 0 Å². The molecular weight excluding hydrogens is 199 g/mol. The van der Waals surface area contributed by atoms with Crippen LogP contribution in [0.15, 0.2) is 24.3 Å². The van der Waals surface area contributed by atoms with E-state index in [0.717, 1.165) is 0 Å². The van der Waals surface area contributed by atoms with E-state index in [1.807, 2.05) is 0 Å². The van der Waals surface area contributed by atoms with Gasteiger partial charge in [-0.15, -0.1) is 0 Å². The molecule has 0 saturated carbocycles. The molecule has 0 saturated heterocycles. The number of halogens is 1. The van der Waals surface area contributed by atoms with Crippen LogP contribution >= 0.6 is 0 Å². The summed E-state index contributed by atoms with van der Waals surface area (Å²) in [7, 11) is 1.62. The van der Waals surface area contributed by atoms with E-state index in [2.05, 4.69) is 0 Å². The molecule has 3 nitrogen and oxygen atoms in total. The largest absolute Gasteiger partial charge is 0.491 e. The van der Waals surface area contributed by atoms with E-state index in [0.29, 0.717) is 32.2 Å².